The van der Waals surface area contributed by atoms with E-state index in [0.717, 1.165) is 24.9 Å². The summed E-state index contributed by atoms with van der Waals surface area (Å²) in [7, 11) is 0. The molecule has 3 heteroatoms. The van der Waals surface area contributed by atoms with E-state index in [1.165, 1.54) is 6.42 Å². The normalized spacial score (nSPS) is 47.2. The van der Waals surface area contributed by atoms with E-state index < -0.39 is 11.9 Å². The van der Waals surface area contributed by atoms with Crippen LogP contribution in [0, 0.1) is 29.1 Å². The smallest absolute Gasteiger partial charge is 0.186 e. The molecular weight excluding hydrogens is 240 g/mol. The van der Waals surface area contributed by atoms with Crippen molar-refractivity contribution in [3.63, 3.8) is 0 Å². The van der Waals surface area contributed by atoms with Crippen LogP contribution in [0.5, 0.6) is 0 Å². The van der Waals surface area contributed by atoms with Crippen LogP contribution in [-0.4, -0.2) is 29.7 Å². The zero-order valence-corrected chi connectivity index (χ0v) is 12.8. The van der Waals surface area contributed by atoms with E-state index in [4.69, 9.17) is 9.47 Å². The van der Waals surface area contributed by atoms with Gasteiger partial charge in [-0.2, -0.15) is 0 Å². The first-order chi connectivity index (χ1) is 8.74. The quantitative estimate of drug-likeness (QED) is 0.837. The van der Waals surface area contributed by atoms with Crippen LogP contribution in [0.15, 0.2) is 0 Å². The Bertz CT molecular complexity index is 361. The van der Waals surface area contributed by atoms with Gasteiger partial charge in [0.15, 0.2) is 6.29 Å². The predicted molar refractivity (Wildman–Crippen MR) is 73.6 cm³/mol. The Labute approximate surface area is 116 Å². The molecule has 1 aliphatic heterocycles. The average molecular weight is 268 g/mol. The van der Waals surface area contributed by atoms with Gasteiger partial charge in [-0.05, 0) is 42.9 Å². The summed E-state index contributed by atoms with van der Waals surface area (Å²) in [6, 6.07) is 0. The molecule has 1 N–H and O–H groups in total. The SMILES string of the molecule is CC(C)[C@@](C)(O)[C@@H]1OC[C@@H]2[C@H](C[C@H]3C[C@@H]2C3(C)C)O1. The molecule has 1 saturated heterocycles. The lowest BCUT2D eigenvalue weighted by Gasteiger charge is -2.64. The van der Waals surface area contributed by atoms with Crippen molar-refractivity contribution < 1.29 is 14.6 Å². The molecule has 3 saturated carbocycles. The Morgan fingerprint density at radius 3 is 2.53 bits per heavy atom. The van der Waals surface area contributed by atoms with E-state index in [1.807, 2.05) is 20.8 Å². The summed E-state index contributed by atoms with van der Waals surface area (Å²) in [4.78, 5) is 0. The first kappa shape index (κ1) is 13.8. The monoisotopic (exact) mass is 268 g/mol. The lowest BCUT2D eigenvalue weighted by atomic mass is 9.45. The predicted octanol–water partition coefficient (Wildman–Crippen LogP) is 2.82. The minimum atomic E-state index is -0.901. The maximum atomic E-state index is 10.5. The lowest BCUT2D eigenvalue weighted by molar-refractivity contribution is -0.339. The fraction of sp³-hybridized carbons (Fsp3) is 1.00. The zero-order valence-electron chi connectivity index (χ0n) is 12.8. The summed E-state index contributed by atoms with van der Waals surface area (Å²) < 4.78 is 12.0. The van der Waals surface area contributed by atoms with Crippen molar-refractivity contribution in [3.05, 3.63) is 0 Å². The van der Waals surface area contributed by atoms with Gasteiger partial charge in [-0.1, -0.05) is 27.7 Å². The maximum absolute atomic E-state index is 10.5. The molecule has 0 amide bonds. The van der Waals surface area contributed by atoms with E-state index in [9.17, 15) is 5.11 Å². The van der Waals surface area contributed by atoms with Crippen molar-refractivity contribution in [2.24, 2.45) is 29.1 Å². The summed E-state index contributed by atoms with van der Waals surface area (Å²) in [6.07, 6.45) is 2.31. The summed E-state index contributed by atoms with van der Waals surface area (Å²) in [6.45, 7) is 11.4. The molecule has 3 aliphatic carbocycles. The molecule has 2 bridgehead atoms. The third-order valence-corrected chi connectivity index (χ3v) is 6.44. The topological polar surface area (TPSA) is 38.7 Å². The molecule has 4 fully saturated rings. The van der Waals surface area contributed by atoms with Gasteiger partial charge in [0.25, 0.3) is 0 Å². The highest BCUT2D eigenvalue weighted by atomic mass is 16.7. The maximum Gasteiger partial charge on any atom is 0.186 e. The van der Waals surface area contributed by atoms with Crippen molar-refractivity contribution >= 4 is 0 Å². The average Bonchev–Trinajstić information content (AvgIpc) is 2.36. The van der Waals surface area contributed by atoms with E-state index in [0.29, 0.717) is 17.4 Å². The molecule has 0 aromatic heterocycles. The molecular formula is C16H28O3. The fourth-order valence-corrected chi connectivity index (χ4v) is 4.25. The van der Waals surface area contributed by atoms with E-state index in [1.54, 1.807) is 0 Å². The Morgan fingerprint density at radius 1 is 1.26 bits per heavy atom. The van der Waals surface area contributed by atoms with Gasteiger partial charge in [0, 0.05) is 5.92 Å². The van der Waals surface area contributed by atoms with Gasteiger partial charge in [-0.15, -0.1) is 0 Å². The van der Waals surface area contributed by atoms with E-state index in [2.05, 4.69) is 13.8 Å². The molecule has 0 spiro atoms. The third-order valence-electron chi connectivity index (χ3n) is 6.44. The van der Waals surface area contributed by atoms with Crippen LogP contribution in [0.1, 0.15) is 47.5 Å². The van der Waals surface area contributed by atoms with Crippen molar-refractivity contribution in [3.8, 4) is 0 Å². The standard InChI is InChI=1S/C16H28O3/c1-9(2)16(5,17)14-18-8-11-12-6-10(15(12,3)4)7-13(11)19-14/h9-14,17H,6-8H2,1-5H3/t10-,11+,12+,13+,14-,16-/m1/s1. The molecule has 0 aromatic rings. The van der Waals surface area contributed by atoms with Crippen LogP contribution in [0.3, 0.4) is 0 Å². The Morgan fingerprint density at radius 2 is 1.95 bits per heavy atom. The van der Waals surface area contributed by atoms with Gasteiger partial charge in [0.05, 0.1) is 12.7 Å². The second-order valence-electron chi connectivity index (χ2n) is 7.98. The number of hydrogen-bond acceptors (Lipinski definition) is 3. The van der Waals surface area contributed by atoms with Crippen molar-refractivity contribution in [1.82, 2.24) is 0 Å². The molecule has 0 radical (unpaired) electrons. The fourth-order valence-electron chi connectivity index (χ4n) is 4.25. The molecule has 4 aliphatic rings. The second kappa shape index (κ2) is 4.19. The molecule has 19 heavy (non-hydrogen) atoms. The van der Waals surface area contributed by atoms with Gasteiger partial charge < -0.3 is 14.6 Å². The summed E-state index contributed by atoms with van der Waals surface area (Å²) >= 11 is 0. The third kappa shape index (κ3) is 1.89. The number of rotatable bonds is 2. The number of ether oxygens (including phenoxy) is 2. The molecule has 0 aromatic carbocycles. The van der Waals surface area contributed by atoms with Gasteiger partial charge in [-0.25, -0.2) is 0 Å². The van der Waals surface area contributed by atoms with Crippen LogP contribution in [-0.2, 0) is 9.47 Å². The molecule has 1 heterocycles. The zero-order chi connectivity index (χ0) is 14.0. The molecule has 0 unspecified atom stereocenters. The minimum absolute atomic E-state index is 0.128. The van der Waals surface area contributed by atoms with Gasteiger partial charge in [0.2, 0.25) is 0 Å². The van der Waals surface area contributed by atoms with Crippen LogP contribution in [0.2, 0.25) is 0 Å². The van der Waals surface area contributed by atoms with Crippen LogP contribution in [0.4, 0.5) is 0 Å². The summed E-state index contributed by atoms with van der Waals surface area (Å²) in [5, 5.41) is 10.5. The lowest BCUT2D eigenvalue weighted by Crippen LogP contribution is -2.64. The number of aliphatic hydroxyl groups is 1. The summed E-state index contributed by atoms with van der Waals surface area (Å²) in [5.74, 6) is 2.19. The first-order valence-corrected chi connectivity index (χ1v) is 7.74. The highest BCUT2D eigenvalue weighted by molar-refractivity contribution is 5.07. The Kier molecular flexibility index (Phi) is 3.05. The highest BCUT2D eigenvalue weighted by Gasteiger charge is 2.60. The first-order valence-electron chi connectivity index (χ1n) is 7.74. The highest BCUT2D eigenvalue weighted by Crippen LogP contribution is 2.62. The van der Waals surface area contributed by atoms with Crippen LogP contribution < -0.4 is 0 Å². The second-order valence-corrected chi connectivity index (χ2v) is 7.98. The van der Waals surface area contributed by atoms with Crippen LogP contribution in [0.25, 0.3) is 0 Å². The Balaban J connectivity index is 1.71. The van der Waals surface area contributed by atoms with Gasteiger partial charge >= 0.3 is 0 Å². The molecule has 4 rings (SSSR count). The van der Waals surface area contributed by atoms with E-state index >= 15 is 0 Å². The van der Waals surface area contributed by atoms with E-state index in [-0.39, 0.29) is 5.92 Å². The van der Waals surface area contributed by atoms with Crippen molar-refractivity contribution in [2.75, 3.05) is 6.61 Å². The van der Waals surface area contributed by atoms with Gasteiger partial charge in [0.1, 0.15) is 5.60 Å². The molecule has 6 atom stereocenters. The van der Waals surface area contributed by atoms with Crippen LogP contribution >= 0.6 is 0 Å². The van der Waals surface area contributed by atoms with Crippen molar-refractivity contribution in [1.29, 1.82) is 0 Å². The molecule has 3 nitrogen and oxygen atoms in total. The van der Waals surface area contributed by atoms with Crippen molar-refractivity contribution in [2.45, 2.75) is 65.5 Å². The summed E-state index contributed by atoms with van der Waals surface area (Å²) in [5.41, 5.74) is -0.441. The van der Waals surface area contributed by atoms with Gasteiger partial charge in [-0.3, -0.25) is 0 Å². The minimum Gasteiger partial charge on any atom is -0.385 e. The number of hydrogen-bond donors (Lipinski definition) is 1. The molecule has 110 valence electrons. The largest absolute Gasteiger partial charge is 0.385 e. The Hall–Kier alpha value is -0.120.